The summed E-state index contributed by atoms with van der Waals surface area (Å²) < 4.78 is 0. The quantitative estimate of drug-likeness (QED) is 0.723. The highest BCUT2D eigenvalue weighted by Crippen LogP contribution is 2.23. The molecule has 13 heavy (non-hydrogen) atoms. The van der Waals surface area contributed by atoms with Gasteiger partial charge in [-0.25, -0.2) is 0 Å². The molecule has 0 bridgehead atoms. The average Bonchev–Trinajstić information content (AvgIpc) is 2.53. The van der Waals surface area contributed by atoms with Crippen molar-refractivity contribution in [2.45, 2.75) is 26.7 Å². The van der Waals surface area contributed by atoms with E-state index in [4.69, 9.17) is 0 Å². The number of rotatable bonds is 1. The highest BCUT2D eigenvalue weighted by atomic mass is 15.1. The standard InChI is InChI=1S/C10H13N3/c1-6(2)10-9-5-11-4-8(9)7(3)12-13-10/h4-6,11H,1-3H3. The van der Waals surface area contributed by atoms with Gasteiger partial charge in [0.2, 0.25) is 0 Å². The molecule has 2 heterocycles. The van der Waals surface area contributed by atoms with Crippen LogP contribution in [0.4, 0.5) is 0 Å². The number of hydrogen-bond donors (Lipinski definition) is 1. The molecule has 0 saturated heterocycles. The van der Waals surface area contributed by atoms with Gasteiger partial charge in [0.15, 0.2) is 0 Å². The molecule has 0 fully saturated rings. The molecule has 0 aliphatic rings. The molecule has 0 radical (unpaired) electrons. The molecule has 0 aromatic carbocycles. The van der Waals surface area contributed by atoms with Crippen LogP contribution >= 0.6 is 0 Å². The Hall–Kier alpha value is -1.38. The minimum absolute atomic E-state index is 0.423. The SMILES string of the molecule is Cc1nnc(C(C)C)c2c[nH]cc12. The van der Waals surface area contributed by atoms with Gasteiger partial charge >= 0.3 is 0 Å². The molecular weight excluding hydrogens is 162 g/mol. The fraction of sp³-hybridized carbons (Fsp3) is 0.400. The molecule has 0 aliphatic heterocycles. The van der Waals surface area contributed by atoms with Crippen LogP contribution in [0, 0.1) is 6.92 Å². The Kier molecular flexibility index (Phi) is 1.79. The third kappa shape index (κ3) is 1.20. The Morgan fingerprint density at radius 3 is 2.54 bits per heavy atom. The summed E-state index contributed by atoms with van der Waals surface area (Å²) in [4.78, 5) is 3.09. The van der Waals surface area contributed by atoms with Crippen LogP contribution in [-0.4, -0.2) is 15.2 Å². The van der Waals surface area contributed by atoms with Crippen LogP contribution in [0.2, 0.25) is 0 Å². The predicted molar refractivity (Wildman–Crippen MR) is 52.7 cm³/mol. The number of H-pyrrole nitrogens is 1. The zero-order valence-corrected chi connectivity index (χ0v) is 8.13. The van der Waals surface area contributed by atoms with Gasteiger partial charge in [-0.2, -0.15) is 10.2 Å². The first-order valence-electron chi connectivity index (χ1n) is 4.50. The fourth-order valence-electron chi connectivity index (χ4n) is 1.54. The lowest BCUT2D eigenvalue weighted by Gasteiger charge is -2.05. The second kappa shape index (κ2) is 2.83. The maximum atomic E-state index is 4.21. The summed E-state index contributed by atoms with van der Waals surface area (Å²) in [5.74, 6) is 0.423. The maximum Gasteiger partial charge on any atom is 0.0750 e. The van der Waals surface area contributed by atoms with Crippen molar-refractivity contribution in [2.75, 3.05) is 0 Å². The van der Waals surface area contributed by atoms with E-state index in [9.17, 15) is 0 Å². The van der Waals surface area contributed by atoms with Crippen molar-refractivity contribution in [3.8, 4) is 0 Å². The van der Waals surface area contributed by atoms with E-state index < -0.39 is 0 Å². The minimum atomic E-state index is 0.423. The lowest BCUT2D eigenvalue weighted by molar-refractivity contribution is 0.793. The number of aromatic nitrogens is 3. The van der Waals surface area contributed by atoms with Crippen molar-refractivity contribution in [3.63, 3.8) is 0 Å². The van der Waals surface area contributed by atoms with E-state index in [2.05, 4.69) is 29.0 Å². The molecule has 2 aromatic heterocycles. The van der Waals surface area contributed by atoms with Crippen molar-refractivity contribution in [2.24, 2.45) is 0 Å². The van der Waals surface area contributed by atoms with Gasteiger partial charge in [0.25, 0.3) is 0 Å². The van der Waals surface area contributed by atoms with E-state index in [0.717, 1.165) is 11.4 Å². The van der Waals surface area contributed by atoms with Crippen LogP contribution in [0.3, 0.4) is 0 Å². The molecule has 1 N–H and O–H groups in total. The Labute approximate surface area is 77.2 Å². The molecule has 3 heteroatoms. The van der Waals surface area contributed by atoms with Crippen LogP contribution in [0.15, 0.2) is 12.4 Å². The maximum absolute atomic E-state index is 4.21. The summed E-state index contributed by atoms with van der Waals surface area (Å²) in [5.41, 5.74) is 2.06. The highest BCUT2D eigenvalue weighted by molar-refractivity contribution is 5.86. The van der Waals surface area contributed by atoms with Crippen LogP contribution in [-0.2, 0) is 0 Å². The van der Waals surface area contributed by atoms with E-state index >= 15 is 0 Å². The van der Waals surface area contributed by atoms with E-state index in [0.29, 0.717) is 5.92 Å². The number of aromatic amines is 1. The van der Waals surface area contributed by atoms with Gasteiger partial charge in [0.05, 0.1) is 11.4 Å². The van der Waals surface area contributed by atoms with Crippen LogP contribution in [0.5, 0.6) is 0 Å². The van der Waals surface area contributed by atoms with E-state index in [1.54, 1.807) is 0 Å². The zero-order valence-electron chi connectivity index (χ0n) is 8.13. The Bertz CT molecular complexity index is 429. The van der Waals surface area contributed by atoms with Gasteiger partial charge in [0, 0.05) is 23.2 Å². The molecule has 2 rings (SSSR count). The largest absolute Gasteiger partial charge is 0.366 e. The fourth-order valence-corrected chi connectivity index (χ4v) is 1.54. The summed E-state index contributed by atoms with van der Waals surface area (Å²) in [5, 5.41) is 10.7. The summed E-state index contributed by atoms with van der Waals surface area (Å²) in [6.45, 7) is 6.24. The molecule has 0 spiro atoms. The van der Waals surface area contributed by atoms with Gasteiger partial charge in [-0.15, -0.1) is 0 Å². The molecule has 0 amide bonds. The third-order valence-electron chi connectivity index (χ3n) is 2.27. The Balaban J connectivity index is 2.78. The van der Waals surface area contributed by atoms with Gasteiger partial charge in [-0.1, -0.05) is 13.8 Å². The van der Waals surface area contributed by atoms with E-state index in [-0.39, 0.29) is 0 Å². The average molecular weight is 175 g/mol. The van der Waals surface area contributed by atoms with Crippen molar-refractivity contribution in [1.29, 1.82) is 0 Å². The Morgan fingerprint density at radius 2 is 1.85 bits per heavy atom. The van der Waals surface area contributed by atoms with Gasteiger partial charge < -0.3 is 4.98 Å². The molecule has 2 aromatic rings. The number of nitrogens with one attached hydrogen (secondary N) is 1. The minimum Gasteiger partial charge on any atom is -0.366 e. The lowest BCUT2D eigenvalue weighted by Crippen LogP contribution is -1.97. The molecular formula is C10H13N3. The summed E-state index contributed by atoms with van der Waals surface area (Å²) in [7, 11) is 0. The van der Waals surface area contributed by atoms with E-state index in [1.807, 2.05) is 19.3 Å². The third-order valence-corrected chi connectivity index (χ3v) is 2.27. The monoisotopic (exact) mass is 175 g/mol. The number of hydrogen-bond acceptors (Lipinski definition) is 2. The lowest BCUT2D eigenvalue weighted by atomic mass is 10.1. The summed E-state index contributed by atoms with van der Waals surface area (Å²) >= 11 is 0. The smallest absolute Gasteiger partial charge is 0.0750 e. The van der Waals surface area contributed by atoms with Crippen molar-refractivity contribution in [1.82, 2.24) is 15.2 Å². The number of fused-ring (bicyclic) bond motifs is 1. The van der Waals surface area contributed by atoms with Crippen LogP contribution in [0.25, 0.3) is 10.8 Å². The molecule has 0 unspecified atom stereocenters. The predicted octanol–water partition coefficient (Wildman–Crippen LogP) is 2.39. The molecule has 0 aliphatic carbocycles. The summed E-state index contributed by atoms with van der Waals surface area (Å²) in [6, 6.07) is 0. The van der Waals surface area contributed by atoms with Gasteiger partial charge in [0.1, 0.15) is 0 Å². The van der Waals surface area contributed by atoms with Crippen molar-refractivity contribution in [3.05, 3.63) is 23.8 Å². The normalized spacial score (nSPS) is 11.4. The second-order valence-corrected chi connectivity index (χ2v) is 3.61. The molecule has 3 nitrogen and oxygen atoms in total. The number of nitrogens with zero attached hydrogens (tertiary/aromatic N) is 2. The first-order valence-corrected chi connectivity index (χ1v) is 4.50. The highest BCUT2D eigenvalue weighted by Gasteiger charge is 2.09. The molecule has 0 atom stereocenters. The summed E-state index contributed by atoms with van der Waals surface area (Å²) in [6.07, 6.45) is 3.97. The van der Waals surface area contributed by atoms with Gasteiger partial charge in [-0.05, 0) is 12.8 Å². The second-order valence-electron chi connectivity index (χ2n) is 3.61. The zero-order chi connectivity index (χ0) is 9.42. The first-order chi connectivity index (χ1) is 6.20. The van der Waals surface area contributed by atoms with Gasteiger partial charge in [-0.3, -0.25) is 0 Å². The van der Waals surface area contributed by atoms with Crippen molar-refractivity contribution < 1.29 is 0 Å². The van der Waals surface area contributed by atoms with Crippen LogP contribution < -0.4 is 0 Å². The Morgan fingerprint density at radius 1 is 1.15 bits per heavy atom. The molecule has 0 saturated carbocycles. The van der Waals surface area contributed by atoms with E-state index in [1.165, 1.54) is 10.8 Å². The topological polar surface area (TPSA) is 41.6 Å². The van der Waals surface area contributed by atoms with Crippen LogP contribution in [0.1, 0.15) is 31.2 Å². The van der Waals surface area contributed by atoms with Crippen molar-refractivity contribution >= 4 is 10.8 Å². The molecule has 68 valence electrons. The first kappa shape index (κ1) is 8.23. The number of aryl methyl sites for hydroxylation is 1.